The molecule has 27 heavy (non-hydrogen) atoms. The first-order valence-corrected chi connectivity index (χ1v) is 9.53. The third kappa shape index (κ3) is 4.76. The molecule has 1 aromatic carbocycles. The fraction of sp³-hybridized carbons (Fsp3) is 0.600. The molecule has 0 spiro atoms. The number of amides is 3. The molecule has 2 fully saturated rings. The van der Waals surface area contributed by atoms with Crippen LogP contribution in [0.1, 0.15) is 24.8 Å². The van der Waals surface area contributed by atoms with Gasteiger partial charge in [-0.2, -0.15) is 0 Å². The SMILES string of the molecule is CN(C)C(=O)N1CCC(C(=O)N2CCC(Cc3cc(F)cc(F)c3)C2)CC1. The molecule has 5 nitrogen and oxygen atoms in total. The van der Waals surface area contributed by atoms with Crippen LogP contribution in [-0.4, -0.2) is 66.9 Å². The van der Waals surface area contributed by atoms with Gasteiger partial charge in [-0.25, -0.2) is 13.6 Å². The fourth-order valence-electron chi connectivity index (χ4n) is 4.12. The van der Waals surface area contributed by atoms with E-state index < -0.39 is 11.6 Å². The third-order valence-corrected chi connectivity index (χ3v) is 5.54. The second kappa shape index (κ2) is 8.23. The van der Waals surface area contributed by atoms with Gasteiger partial charge >= 0.3 is 6.03 Å². The zero-order valence-corrected chi connectivity index (χ0v) is 16.0. The van der Waals surface area contributed by atoms with Crippen LogP contribution in [0.15, 0.2) is 18.2 Å². The van der Waals surface area contributed by atoms with Crippen LogP contribution in [0.4, 0.5) is 13.6 Å². The van der Waals surface area contributed by atoms with E-state index in [4.69, 9.17) is 0 Å². The van der Waals surface area contributed by atoms with Crippen LogP contribution >= 0.6 is 0 Å². The Morgan fingerprint density at radius 3 is 2.19 bits per heavy atom. The summed E-state index contributed by atoms with van der Waals surface area (Å²) in [5.41, 5.74) is 0.641. The van der Waals surface area contributed by atoms with E-state index in [1.807, 2.05) is 4.90 Å². The number of rotatable bonds is 3. The van der Waals surface area contributed by atoms with Crippen molar-refractivity contribution in [1.29, 1.82) is 0 Å². The number of nitrogens with zero attached hydrogens (tertiary/aromatic N) is 3. The lowest BCUT2D eigenvalue weighted by atomic mass is 9.95. The Morgan fingerprint density at radius 2 is 1.59 bits per heavy atom. The average molecular weight is 379 g/mol. The smallest absolute Gasteiger partial charge is 0.319 e. The van der Waals surface area contributed by atoms with Gasteiger partial charge in [0.15, 0.2) is 0 Å². The Bertz CT molecular complexity index is 682. The zero-order valence-electron chi connectivity index (χ0n) is 16.0. The predicted octanol–water partition coefficient (Wildman–Crippen LogP) is 2.75. The lowest BCUT2D eigenvalue weighted by molar-refractivity contribution is -0.135. The van der Waals surface area contributed by atoms with Crippen molar-refractivity contribution in [3.63, 3.8) is 0 Å². The minimum atomic E-state index is -0.560. The summed E-state index contributed by atoms with van der Waals surface area (Å²) >= 11 is 0. The van der Waals surface area contributed by atoms with E-state index in [0.717, 1.165) is 12.5 Å². The molecule has 0 aromatic heterocycles. The number of hydrogen-bond acceptors (Lipinski definition) is 2. The molecule has 1 atom stereocenters. The highest BCUT2D eigenvalue weighted by Crippen LogP contribution is 2.26. The molecule has 1 aromatic rings. The minimum Gasteiger partial charge on any atom is -0.342 e. The molecule has 2 aliphatic heterocycles. The fourth-order valence-corrected chi connectivity index (χ4v) is 4.12. The second-order valence-electron chi connectivity index (χ2n) is 7.86. The van der Waals surface area contributed by atoms with Gasteiger partial charge < -0.3 is 14.7 Å². The summed E-state index contributed by atoms with van der Waals surface area (Å²) in [6.45, 7) is 2.53. The van der Waals surface area contributed by atoms with Crippen molar-refractivity contribution in [2.24, 2.45) is 11.8 Å². The first-order valence-electron chi connectivity index (χ1n) is 9.53. The Balaban J connectivity index is 1.50. The number of hydrogen-bond donors (Lipinski definition) is 0. The van der Waals surface area contributed by atoms with Crippen LogP contribution < -0.4 is 0 Å². The third-order valence-electron chi connectivity index (χ3n) is 5.54. The summed E-state index contributed by atoms with van der Waals surface area (Å²) in [5, 5.41) is 0. The maximum atomic E-state index is 13.4. The van der Waals surface area contributed by atoms with Gasteiger partial charge in [-0.05, 0) is 49.3 Å². The Labute approximate surface area is 158 Å². The molecule has 0 saturated carbocycles. The molecular weight excluding hydrogens is 352 g/mol. The van der Waals surface area contributed by atoms with Gasteiger partial charge in [0, 0.05) is 52.3 Å². The standard InChI is InChI=1S/C20H27F2N3O2/c1-23(2)20(27)24-7-4-16(5-8-24)19(26)25-6-3-14(13-25)9-15-10-17(21)12-18(22)11-15/h10-12,14,16H,3-9,13H2,1-2H3. The molecule has 148 valence electrons. The maximum Gasteiger partial charge on any atom is 0.319 e. The van der Waals surface area contributed by atoms with Crippen molar-refractivity contribution in [1.82, 2.24) is 14.7 Å². The molecule has 3 amide bonds. The molecule has 0 bridgehead atoms. The second-order valence-corrected chi connectivity index (χ2v) is 7.86. The molecule has 0 radical (unpaired) electrons. The summed E-state index contributed by atoms with van der Waals surface area (Å²) in [7, 11) is 3.46. The normalized spacial score (nSPS) is 20.8. The lowest BCUT2D eigenvalue weighted by Gasteiger charge is -2.34. The van der Waals surface area contributed by atoms with Crippen molar-refractivity contribution in [3.05, 3.63) is 35.4 Å². The molecule has 1 unspecified atom stereocenters. The van der Waals surface area contributed by atoms with Gasteiger partial charge in [-0.15, -0.1) is 0 Å². The van der Waals surface area contributed by atoms with Crippen molar-refractivity contribution >= 4 is 11.9 Å². The van der Waals surface area contributed by atoms with Crippen LogP contribution in [0.2, 0.25) is 0 Å². The van der Waals surface area contributed by atoms with Gasteiger partial charge in [-0.1, -0.05) is 0 Å². The number of carbonyl (C=O) groups is 2. The average Bonchev–Trinajstić information content (AvgIpc) is 3.08. The number of halogens is 2. The van der Waals surface area contributed by atoms with E-state index in [1.165, 1.54) is 12.1 Å². The zero-order chi connectivity index (χ0) is 19.6. The summed E-state index contributed by atoms with van der Waals surface area (Å²) in [4.78, 5) is 30.0. The summed E-state index contributed by atoms with van der Waals surface area (Å²) in [5.74, 6) is -0.781. The molecule has 0 N–H and O–H groups in total. The van der Waals surface area contributed by atoms with Crippen molar-refractivity contribution in [3.8, 4) is 0 Å². The van der Waals surface area contributed by atoms with E-state index in [0.29, 0.717) is 51.0 Å². The highest BCUT2D eigenvalue weighted by molar-refractivity contribution is 5.80. The van der Waals surface area contributed by atoms with Crippen LogP contribution in [-0.2, 0) is 11.2 Å². The van der Waals surface area contributed by atoms with E-state index >= 15 is 0 Å². The first-order chi connectivity index (χ1) is 12.8. The topological polar surface area (TPSA) is 43.9 Å². The summed E-state index contributed by atoms with van der Waals surface area (Å²) in [6, 6.07) is 3.60. The van der Waals surface area contributed by atoms with Gasteiger partial charge in [0.25, 0.3) is 0 Å². The molecule has 3 rings (SSSR count). The molecule has 2 aliphatic rings. The molecule has 7 heteroatoms. The van der Waals surface area contributed by atoms with Gasteiger partial charge in [0.1, 0.15) is 11.6 Å². The number of piperidine rings is 1. The first kappa shape index (κ1) is 19.6. The number of likely N-dealkylation sites (tertiary alicyclic amines) is 2. The number of carbonyl (C=O) groups excluding carboxylic acids is 2. The largest absolute Gasteiger partial charge is 0.342 e. The van der Waals surface area contributed by atoms with Gasteiger partial charge in [0.05, 0.1) is 0 Å². The van der Waals surface area contributed by atoms with Crippen molar-refractivity contribution in [2.75, 3.05) is 40.3 Å². The van der Waals surface area contributed by atoms with Crippen molar-refractivity contribution in [2.45, 2.75) is 25.7 Å². The van der Waals surface area contributed by atoms with Crippen LogP contribution in [0.25, 0.3) is 0 Å². The van der Waals surface area contributed by atoms with E-state index in [2.05, 4.69) is 0 Å². The van der Waals surface area contributed by atoms with E-state index in [9.17, 15) is 18.4 Å². The van der Waals surface area contributed by atoms with E-state index in [1.54, 1.807) is 23.9 Å². The monoisotopic (exact) mass is 379 g/mol. The quantitative estimate of drug-likeness (QED) is 0.811. The van der Waals surface area contributed by atoms with E-state index in [-0.39, 0.29) is 23.8 Å². The summed E-state index contributed by atoms with van der Waals surface area (Å²) in [6.07, 6.45) is 2.81. The van der Waals surface area contributed by atoms with Gasteiger partial charge in [0.2, 0.25) is 5.91 Å². The van der Waals surface area contributed by atoms with Crippen molar-refractivity contribution < 1.29 is 18.4 Å². The minimum absolute atomic E-state index is 0.00976. The van der Waals surface area contributed by atoms with Crippen LogP contribution in [0.3, 0.4) is 0 Å². The summed E-state index contributed by atoms with van der Waals surface area (Å²) < 4.78 is 26.7. The Morgan fingerprint density at radius 1 is 1.00 bits per heavy atom. The molecule has 2 saturated heterocycles. The number of urea groups is 1. The highest BCUT2D eigenvalue weighted by Gasteiger charge is 2.34. The highest BCUT2D eigenvalue weighted by atomic mass is 19.1. The number of benzene rings is 1. The Hall–Kier alpha value is -2.18. The Kier molecular flexibility index (Phi) is 5.97. The van der Waals surface area contributed by atoms with Gasteiger partial charge in [-0.3, -0.25) is 4.79 Å². The molecule has 2 heterocycles. The molecular formula is C20H27F2N3O2. The van der Waals surface area contributed by atoms with Crippen LogP contribution in [0.5, 0.6) is 0 Å². The lowest BCUT2D eigenvalue weighted by Crippen LogP contribution is -2.47. The predicted molar refractivity (Wildman–Crippen MR) is 98.1 cm³/mol. The molecule has 0 aliphatic carbocycles. The van der Waals surface area contributed by atoms with Crippen LogP contribution in [0, 0.1) is 23.5 Å². The maximum absolute atomic E-state index is 13.4.